The minimum atomic E-state index is -1.78. The van der Waals surface area contributed by atoms with Gasteiger partial charge in [0.15, 0.2) is 0 Å². The highest BCUT2D eigenvalue weighted by Crippen LogP contribution is 2.56. The fourth-order valence-corrected chi connectivity index (χ4v) is 4.41. The van der Waals surface area contributed by atoms with E-state index in [1.807, 2.05) is 6.07 Å². The van der Waals surface area contributed by atoms with Gasteiger partial charge in [0, 0.05) is 16.8 Å². The molecule has 1 amide bonds. The number of carbonyl (C=O) groups excluding carboxylic acids is 1. The van der Waals surface area contributed by atoms with E-state index >= 15 is 0 Å². The lowest BCUT2D eigenvalue weighted by Crippen LogP contribution is -2.47. The van der Waals surface area contributed by atoms with Crippen molar-refractivity contribution in [3.63, 3.8) is 0 Å². The molecule has 1 spiro atoms. The molecular weight excluding hydrogens is 417 g/mol. The van der Waals surface area contributed by atoms with Crippen LogP contribution in [-0.2, 0) is 15.0 Å². The molecule has 0 saturated carbocycles. The Balaban J connectivity index is 1.87. The van der Waals surface area contributed by atoms with Crippen molar-refractivity contribution in [1.29, 1.82) is 5.26 Å². The molecule has 32 heavy (non-hydrogen) atoms. The molecule has 0 saturated heterocycles. The number of aromatic nitrogens is 2. The third kappa shape index (κ3) is 2.39. The number of carboxylic acid groups (broad SMARTS) is 1. The number of nitrogens with two attached hydrogens (primary N) is 1. The van der Waals surface area contributed by atoms with Gasteiger partial charge >= 0.3 is 5.97 Å². The largest absolute Gasteiger partial charge is 0.480 e. The average molecular weight is 431 g/mol. The number of hydrogen-bond donors (Lipinski definition) is 3. The van der Waals surface area contributed by atoms with Gasteiger partial charge in [0.25, 0.3) is 0 Å². The standard InChI is InChI=1S/C22H14FN5O4/c23-12-7-5-11(6-8-12)18-17-20(27-26-18)32-19(25)14(9-24)22(17)13-3-1-2-4-15(13)28(21(22)31)10-16(29)30/h1-8H,10,25H2,(H,26,27)(H,29,30). The summed E-state index contributed by atoms with van der Waals surface area (Å²) < 4.78 is 19.1. The molecule has 0 aliphatic carbocycles. The molecule has 1 unspecified atom stereocenters. The smallest absolute Gasteiger partial charge is 0.323 e. The predicted octanol–water partition coefficient (Wildman–Crippen LogP) is 2.02. The summed E-state index contributed by atoms with van der Waals surface area (Å²) in [7, 11) is 0. The lowest BCUT2D eigenvalue weighted by molar-refractivity contribution is -0.136. The summed E-state index contributed by atoms with van der Waals surface area (Å²) >= 11 is 0. The molecule has 158 valence electrons. The molecule has 9 nitrogen and oxygen atoms in total. The Labute approximate surface area is 180 Å². The molecule has 2 aromatic carbocycles. The van der Waals surface area contributed by atoms with Gasteiger partial charge in [0.1, 0.15) is 29.4 Å². The minimum Gasteiger partial charge on any atom is -0.480 e. The summed E-state index contributed by atoms with van der Waals surface area (Å²) in [6, 6.07) is 14.0. The summed E-state index contributed by atoms with van der Waals surface area (Å²) in [5.41, 5.74) is 5.80. The van der Waals surface area contributed by atoms with E-state index in [0.717, 1.165) is 4.90 Å². The molecule has 0 radical (unpaired) electrons. The van der Waals surface area contributed by atoms with Crippen molar-refractivity contribution in [3.8, 4) is 23.2 Å². The fraction of sp³-hybridized carbons (Fsp3) is 0.0909. The number of carboxylic acids is 1. The van der Waals surface area contributed by atoms with Gasteiger partial charge in [-0.2, -0.15) is 5.26 Å². The second-order valence-corrected chi connectivity index (χ2v) is 7.29. The van der Waals surface area contributed by atoms with Crippen LogP contribution in [0.5, 0.6) is 5.88 Å². The SMILES string of the molecule is N#CC1=C(N)Oc2n[nH]c(-c3ccc(F)cc3)c2C12C(=O)N(CC(=O)O)c1ccccc12. The zero-order valence-electron chi connectivity index (χ0n) is 16.3. The van der Waals surface area contributed by atoms with E-state index < -0.39 is 29.7 Å². The molecule has 2 aliphatic heterocycles. The van der Waals surface area contributed by atoms with Crippen molar-refractivity contribution in [2.45, 2.75) is 5.41 Å². The van der Waals surface area contributed by atoms with Gasteiger partial charge in [-0.1, -0.05) is 18.2 Å². The van der Waals surface area contributed by atoms with Crippen LogP contribution >= 0.6 is 0 Å². The van der Waals surface area contributed by atoms with Crippen molar-refractivity contribution < 1.29 is 23.8 Å². The number of halogens is 1. The number of benzene rings is 2. The van der Waals surface area contributed by atoms with Crippen molar-refractivity contribution in [2.24, 2.45) is 5.73 Å². The highest BCUT2D eigenvalue weighted by Gasteiger charge is 2.61. The lowest BCUT2D eigenvalue weighted by Gasteiger charge is -2.32. The van der Waals surface area contributed by atoms with Crippen LogP contribution < -0.4 is 15.4 Å². The van der Waals surface area contributed by atoms with Gasteiger partial charge in [-0.15, -0.1) is 5.10 Å². The summed E-state index contributed by atoms with van der Waals surface area (Å²) in [5.74, 6) is -2.68. The van der Waals surface area contributed by atoms with Crippen LogP contribution in [0.25, 0.3) is 11.3 Å². The van der Waals surface area contributed by atoms with Gasteiger partial charge in [0.05, 0.1) is 11.3 Å². The quantitative estimate of drug-likeness (QED) is 0.575. The van der Waals surface area contributed by atoms with Crippen LogP contribution in [0.3, 0.4) is 0 Å². The molecule has 10 heteroatoms. The Kier molecular flexibility index (Phi) is 4.03. The van der Waals surface area contributed by atoms with Gasteiger partial charge in [-0.3, -0.25) is 19.6 Å². The Morgan fingerprint density at radius 3 is 2.69 bits per heavy atom. The normalized spacial score (nSPS) is 18.9. The molecule has 0 fully saturated rings. The van der Waals surface area contributed by atoms with E-state index in [2.05, 4.69) is 10.2 Å². The number of hydrogen-bond acceptors (Lipinski definition) is 6. The highest BCUT2D eigenvalue weighted by atomic mass is 19.1. The number of aromatic amines is 1. The van der Waals surface area contributed by atoms with Crippen LogP contribution in [0.15, 0.2) is 60.0 Å². The van der Waals surface area contributed by atoms with E-state index in [9.17, 15) is 24.3 Å². The van der Waals surface area contributed by atoms with E-state index in [4.69, 9.17) is 10.5 Å². The number of para-hydroxylation sites is 1. The number of nitrogens with zero attached hydrogens (tertiary/aromatic N) is 3. The third-order valence-electron chi connectivity index (χ3n) is 5.64. The summed E-state index contributed by atoms with van der Waals surface area (Å²) in [6.45, 7) is -0.615. The van der Waals surface area contributed by atoms with Gasteiger partial charge in [-0.25, -0.2) is 4.39 Å². The second kappa shape index (κ2) is 6.68. The first-order valence-corrected chi connectivity index (χ1v) is 9.45. The van der Waals surface area contributed by atoms with Crippen molar-refractivity contribution in [1.82, 2.24) is 10.2 Å². The Morgan fingerprint density at radius 2 is 2.00 bits per heavy atom. The van der Waals surface area contributed by atoms with Crippen LogP contribution in [0.2, 0.25) is 0 Å². The van der Waals surface area contributed by atoms with Gasteiger partial charge in [-0.05, 0) is 30.3 Å². The van der Waals surface area contributed by atoms with Crippen molar-refractivity contribution in [3.05, 3.63) is 76.9 Å². The van der Waals surface area contributed by atoms with Crippen LogP contribution in [0, 0.1) is 17.1 Å². The van der Waals surface area contributed by atoms with E-state index in [0.29, 0.717) is 22.5 Å². The van der Waals surface area contributed by atoms with Crippen molar-refractivity contribution in [2.75, 3.05) is 11.4 Å². The first-order valence-electron chi connectivity index (χ1n) is 9.45. The number of nitriles is 1. The molecule has 3 aromatic rings. The molecule has 4 N–H and O–H groups in total. The number of rotatable bonds is 3. The summed E-state index contributed by atoms with van der Waals surface area (Å²) in [5, 5.41) is 26.4. The van der Waals surface area contributed by atoms with E-state index in [1.54, 1.807) is 24.3 Å². The monoisotopic (exact) mass is 431 g/mol. The first kappa shape index (κ1) is 19.3. The van der Waals surface area contributed by atoms with Gasteiger partial charge in [0.2, 0.25) is 17.7 Å². The van der Waals surface area contributed by atoms with Crippen LogP contribution in [-0.4, -0.2) is 33.7 Å². The zero-order valence-corrected chi connectivity index (χ0v) is 16.3. The second-order valence-electron chi connectivity index (χ2n) is 7.29. The Morgan fingerprint density at radius 1 is 1.28 bits per heavy atom. The summed E-state index contributed by atoms with van der Waals surface area (Å²) in [4.78, 5) is 26.6. The highest BCUT2D eigenvalue weighted by molar-refractivity contribution is 6.16. The number of H-pyrrole nitrogens is 1. The lowest BCUT2D eigenvalue weighted by atomic mass is 9.68. The fourth-order valence-electron chi connectivity index (χ4n) is 4.41. The van der Waals surface area contributed by atoms with E-state index in [1.165, 1.54) is 24.3 Å². The summed E-state index contributed by atoms with van der Waals surface area (Å²) in [6.07, 6.45) is 0. The predicted molar refractivity (Wildman–Crippen MR) is 109 cm³/mol. The molecule has 1 atom stereocenters. The first-order chi connectivity index (χ1) is 15.4. The maximum Gasteiger partial charge on any atom is 0.323 e. The van der Waals surface area contributed by atoms with Crippen LogP contribution in [0.4, 0.5) is 10.1 Å². The number of fused-ring (bicyclic) bond motifs is 4. The molecule has 3 heterocycles. The number of ether oxygens (including phenoxy) is 1. The van der Waals surface area contributed by atoms with E-state index in [-0.39, 0.29) is 22.9 Å². The number of aliphatic carboxylic acids is 1. The topological polar surface area (TPSA) is 145 Å². The van der Waals surface area contributed by atoms with Gasteiger partial charge < -0.3 is 15.6 Å². The number of amides is 1. The zero-order chi connectivity index (χ0) is 22.6. The van der Waals surface area contributed by atoms with Crippen molar-refractivity contribution >= 4 is 17.6 Å². The average Bonchev–Trinajstić information content (AvgIpc) is 3.29. The number of anilines is 1. The number of nitrogens with one attached hydrogen (secondary N) is 1. The Bertz CT molecular complexity index is 1370. The minimum absolute atomic E-state index is 0.0267. The molecule has 1 aromatic heterocycles. The maximum absolute atomic E-state index is 14.0. The maximum atomic E-state index is 14.0. The molecule has 2 aliphatic rings. The third-order valence-corrected chi connectivity index (χ3v) is 5.64. The molecule has 0 bridgehead atoms. The van der Waals surface area contributed by atoms with Crippen LogP contribution in [0.1, 0.15) is 11.1 Å². The number of carbonyl (C=O) groups is 2. The molecular formula is C22H14FN5O4. The Hall–Kier alpha value is -4.65. The molecule has 5 rings (SSSR count).